The molecule has 1 aliphatic carbocycles. The van der Waals surface area contributed by atoms with E-state index in [0.29, 0.717) is 12.7 Å². The Bertz CT molecular complexity index is 371. The van der Waals surface area contributed by atoms with Crippen molar-refractivity contribution in [3.8, 4) is 5.75 Å². The molecule has 0 heterocycles. The summed E-state index contributed by atoms with van der Waals surface area (Å²) in [6, 6.07) is 8.02. The summed E-state index contributed by atoms with van der Waals surface area (Å²) in [4.78, 5) is 0. The minimum Gasteiger partial charge on any atom is -0.494 e. The van der Waals surface area contributed by atoms with E-state index in [2.05, 4.69) is 6.92 Å². The molecule has 1 aliphatic rings. The van der Waals surface area contributed by atoms with E-state index in [0.717, 1.165) is 24.3 Å². The first-order valence-corrected chi connectivity index (χ1v) is 7.89. The topological polar surface area (TPSA) is 44.5 Å². The van der Waals surface area contributed by atoms with Crippen molar-refractivity contribution in [1.29, 1.82) is 0 Å². The molecule has 2 N–H and O–H groups in total. The monoisotopic (exact) mass is 277 g/mol. The molecule has 1 aromatic rings. The normalized spacial score (nSPS) is 17.9. The maximum absolute atomic E-state index is 6.20. The lowest BCUT2D eigenvalue weighted by molar-refractivity contribution is 0.0206. The van der Waals surface area contributed by atoms with Crippen LogP contribution in [-0.2, 0) is 4.74 Å². The standard InChI is InChI=1S/C17H27NO2/c1-2-12-19-16-10-8-14(9-11-16)17(18)13-20-15-6-4-3-5-7-15/h8-11,15,17H,2-7,12-13,18H2,1H3. The summed E-state index contributed by atoms with van der Waals surface area (Å²) in [7, 11) is 0. The van der Waals surface area contributed by atoms with Crippen molar-refractivity contribution in [2.75, 3.05) is 13.2 Å². The van der Waals surface area contributed by atoms with Crippen molar-refractivity contribution in [3.63, 3.8) is 0 Å². The van der Waals surface area contributed by atoms with Crippen LogP contribution in [0.25, 0.3) is 0 Å². The largest absolute Gasteiger partial charge is 0.494 e. The van der Waals surface area contributed by atoms with Gasteiger partial charge in [-0.15, -0.1) is 0 Å². The molecular formula is C17H27NO2. The van der Waals surface area contributed by atoms with E-state index in [9.17, 15) is 0 Å². The molecule has 0 amide bonds. The van der Waals surface area contributed by atoms with Crippen LogP contribution in [0.3, 0.4) is 0 Å². The summed E-state index contributed by atoms with van der Waals surface area (Å²) < 4.78 is 11.5. The highest BCUT2D eigenvalue weighted by Crippen LogP contribution is 2.22. The van der Waals surface area contributed by atoms with Crippen molar-refractivity contribution in [1.82, 2.24) is 0 Å². The van der Waals surface area contributed by atoms with Gasteiger partial charge in [-0.25, -0.2) is 0 Å². The van der Waals surface area contributed by atoms with Gasteiger partial charge in [-0.2, -0.15) is 0 Å². The van der Waals surface area contributed by atoms with Gasteiger partial charge in [0.05, 0.1) is 25.4 Å². The highest BCUT2D eigenvalue weighted by atomic mass is 16.5. The van der Waals surface area contributed by atoms with Crippen LogP contribution in [0.1, 0.15) is 57.1 Å². The summed E-state index contributed by atoms with van der Waals surface area (Å²) in [6.45, 7) is 3.48. The maximum Gasteiger partial charge on any atom is 0.119 e. The summed E-state index contributed by atoms with van der Waals surface area (Å²) in [5, 5.41) is 0. The van der Waals surface area contributed by atoms with Gasteiger partial charge in [0.2, 0.25) is 0 Å². The summed E-state index contributed by atoms with van der Waals surface area (Å²) in [5.74, 6) is 0.913. The Morgan fingerprint density at radius 2 is 1.85 bits per heavy atom. The van der Waals surface area contributed by atoms with Gasteiger partial charge in [-0.1, -0.05) is 38.3 Å². The van der Waals surface area contributed by atoms with Gasteiger partial charge in [0.1, 0.15) is 5.75 Å². The van der Waals surface area contributed by atoms with Gasteiger partial charge >= 0.3 is 0 Å². The zero-order valence-corrected chi connectivity index (χ0v) is 12.5. The smallest absolute Gasteiger partial charge is 0.119 e. The molecule has 1 unspecified atom stereocenters. The molecule has 0 spiro atoms. The summed E-state index contributed by atoms with van der Waals surface area (Å²) in [5.41, 5.74) is 7.31. The van der Waals surface area contributed by atoms with E-state index in [1.807, 2.05) is 24.3 Å². The number of hydrogen-bond donors (Lipinski definition) is 1. The minimum absolute atomic E-state index is 0.0443. The average molecular weight is 277 g/mol. The first-order valence-electron chi connectivity index (χ1n) is 7.89. The quantitative estimate of drug-likeness (QED) is 0.824. The Morgan fingerprint density at radius 3 is 2.50 bits per heavy atom. The van der Waals surface area contributed by atoms with Crippen LogP contribution in [0.15, 0.2) is 24.3 Å². The number of nitrogens with two attached hydrogens (primary N) is 1. The lowest BCUT2D eigenvalue weighted by atomic mass is 9.98. The molecule has 2 rings (SSSR count). The van der Waals surface area contributed by atoms with Crippen LogP contribution in [0, 0.1) is 0 Å². The predicted molar refractivity (Wildman–Crippen MR) is 82.0 cm³/mol. The Kier molecular flexibility index (Phi) is 6.34. The SMILES string of the molecule is CCCOc1ccc(C(N)COC2CCCCC2)cc1. The number of benzene rings is 1. The second-order valence-corrected chi connectivity index (χ2v) is 5.62. The Hall–Kier alpha value is -1.06. The zero-order chi connectivity index (χ0) is 14.2. The third-order valence-electron chi connectivity index (χ3n) is 3.84. The van der Waals surface area contributed by atoms with E-state index in [-0.39, 0.29) is 6.04 Å². The Morgan fingerprint density at radius 1 is 1.15 bits per heavy atom. The molecule has 0 aromatic heterocycles. The highest BCUT2D eigenvalue weighted by Gasteiger charge is 2.15. The van der Waals surface area contributed by atoms with E-state index in [4.69, 9.17) is 15.2 Å². The molecule has 1 saturated carbocycles. The lowest BCUT2D eigenvalue weighted by Gasteiger charge is -2.24. The summed E-state index contributed by atoms with van der Waals surface area (Å²) in [6.07, 6.45) is 7.77. The van der Waals surface area contributed by atoms with Gasteiger partial charge in [0, 0.05) is 0 Å². The molecule has 20 heavy (non-hydrogen) atoms. The Balaban J connectivity index is 1.77. The average Bonchev–Trinajstić information content (AvgIpc) is 2.52. The van der Waals surface area contributed by atoms with Crippen molar-refractivity contribution in [2.45, 2.75) is 57.6 Å². The molecule has 1 aromatic carbocycles. The molecule has 3 nitrogen and oxygen atoms in total. The molecule has 0 radical (unpaired) electrons. The number of ether oxygens (including phenoxy) is 2. The van der Waals surface area contributed by atoms with E-state index >= 15 is 0 Å². The molecule has 0 aliphatic heterocycles. The fourth-order valence-electron chi connectivity index (χ4n) is 2.60. The molecule has 0 bridgehead atoms. The first kappa shape index (κ1) is 15.3. The summed E-state index contributed by atoms with van der Waals surface area (Å²) >= 11 is 0. The second-order valence-electron chi connectivity index (χ2n) is 5.62. The number of hydrogen-bond acceptors (Lipinski definition) is 3. The van der Waals surface area contributed by atoms with Crippen LogP contribution in [0.5, 0.6) is 5.75 Å². The van der Waals surface area contributed by atoms with Crippen LogP contribution >= 0.6 is 0 Å². The maximum atomic E-state index is 6.20. The number of rotatable bonds is 7. The fourth-order valence-corrected chi connectivity index (χ4v) is 2.60. The van der Waals surface area contributed by atoms with Gasteiger partial charge in [-0.3, -0.25) is 0 Å². The van der Waals surface area contributed by atoms with Crippen LogP contribution in [0.4, 0.5) is 0 Å². The van der Waals surface area contributed by atoms with Crippen LogP contribution < -0.4 is 10.5 Å². The lowest BCUT2D eigenvalue weighted by Crippen LogP contribution is -2.23. The van der Waals surface area contributed by atoms with Gasteiger partial charge in [0.15, 0.2) is 0 Å². The van der Waals surface area contributed by atoms with Gasteiger partial charge in [-0.05, 0) is 37.0 Å². The third-order valence-corrected chi connectivity index (χ3v) is 3.84. The van der Waals surface area contributed by atoms with E-state index in [1.165, 1.54) is 32.1 Å². The van der Waals surface area contributed by atoms with Crippen LogP contribution in [-0.4, -0.2) is 19.3 Å². The second kappa shape index (κ2) is 8.28. The van der Waals surface area contributed by atoms with Crippen molar-refractivity contribution in [3.05, 3.63) is 29.8 Å². The molecule has 112 valence electrons. The predicted octanol–water partition coefficient (Wildman–Crippen LogP) is 3.82. The third kappa shape index (κ3) is 4.80. The van der Waals surface area contributed by atoms with Crippen molar-refractivity contribution < 1.29 is 9.47 Å². The van der Waals surface area contributed by atoms with Gasteiger partial charge in [0.25, 0.3) is 0 Å². The van der Waals surface area contributed by atoms with Gasteiger partial charge < -0.3 is 15.2 Å². The first-order chi connectivity index (χ1) is 9.79. The molecule has 0 saturated heterocycles. The Labute approximate surface area is 122 Å². The molecule has 1 atom stereocenters. The fraction of sp³-hybridized carbons (Fsp3) is 0.647. The molecule has 3 heteroatoms. The van der Waals surface area contributed by atoms with E-state index in [1.54, 1.807) is 0 Å². The van der Waals surface area contributed by atoms with Crippen LogP contribution in [0.2, 0.25) is 0 Å². The molecular weight excluding hydrogens is 250 g/mol. The molecule has 1 fully saturated rings. The van der Waals surface area contributed by atoms with Crippen molar-refractivity contribution >= 4 is 0 Å². The minimum atomic E-state index is -0.0443. The zero-order valence-electron chi connectivity index (χ0n) is 12.5. The van der Waals surface area contributed by atoms with Crippen molar-refractivity contribution in [2.24, 2.45) is 5.73 Å². The highest BCUT2D eigenvalue weighted by molar-refractivity contribution is 5.29. The van der Waals surface area contributed by atoms with E-state index < -0.39 is 0 Å².